The summed E-state index contributed by atoms with van der Waals surface area (Å²) >= 11 is 0. The van der Waals surface area contributed by atoms with E-state index in [1.54, 1.807) is 36.4 Å². The molecule has 0 aliphatic carbocycles. The van der Waals surface area contributed by atoms with E-state index in [2.05, 4.69) is 10.6 Å². The van der Waals surface area contributed by atoms with Gasteiger partial charge in [0.15, 0.2) is 6.61 Å². The molecule has 0 saturated carbocycles. The molecule has 0 saturated heterocycles. The molecule has 30 heavy (non-hydrogen) atoms. The molecule has 7 heteroatoms. The Hall–Kier alpha value is -3.87. The highest BCUT2D eigenvalue weighted by atomic mass is 16.5. The fourth-order valence-electron chi connectivity index (χ4n) is 2.72. The SMILES string of the molecule is Cc1ccc(CC(=O)OCC(=O)Nc2ccccc2C(=O)NCc2ccco2)cc1. The maximum Gasteiger partial charge on any atom is 0.310 e. The molecule has 3 rings (SSSR count). The van der Waals surface area contributed by atoms with Crippen LogP contribution in [0.2, 0.25) is 0 Å². The molecule has 1 aromatic heterocycles. The van der Waals surface area contributed by atoms with Crippen LogP contribution in [-0.4, -0.2) is 24.4 Å². The van der Waals surface area contributed by atoms with E-state index in [0.717, 1.165) is 11.1 Å². The van der Waals surface area contributed by atoms with Gasteiger partial charge < -0.3 is 19.8 Å². The van der Waals surface area contributed by atoms with Crippen LogP contribution < -0.4 is 10.6 Å². The Morgan fingerprint density at radius 1 is 0.967 bits per heavy atom. The molecule has 1 heterocycles. The lowest BCUT2D eigenvalue weighted by molar-refractivity contribution is -0.146. The van der Waals surface area contributed by atoms with Gasteiger partial charge in [0.05, 0.1) is 30.5 Å². The average Bonchev–Trinajstić information content (AvgIpc) is 3.26. The van der Waals surface area contributed by atoms with E-state index in [1.807, 2.05) is 31.2 Å². The molecule has 2 amide bonds. The van der Waals surface area contributed by atoms with Crippen molar-refractivity contribution >= 4 is 23.5 Å². The zero-order valence-corrected chi connectivity index (χ0v) is 16.5. The maximum absolute atomic E-state index is 12.4. The van der Waals surface area contributed by atoms with Crippen LogP contribution in [0.3, 0.4) is 0 Å². The number of para-hydroxylation sites is 1. The molecule has 7 nitrogen and oxygen atoms in total. The topological polar surface area (TPSA) is 97.6 Å². The van der Waals surface area contributed by atoms with Gasteiger partial charge in [-0.2, -0.15) is 0 Å². The molecule has 2 aromatic carbocycles. The molecule has 0 spiro atoms. The molecular weight excluding hydrogens is 384 g/mol. The fraction of sp³-hybridized carbons (Fsp3) is 0.174. The van der Waals surface area contributed by atoms with Crippen molar-refractivity contribution in [2.45, 2.75) is 19.9 Å². The van der Waals surface area contributed by atoms with Gasteiger partial charge in [0.1, 0.15) is 5.76 Å². The third kappa shape index (κ3) is 6.07. The van der Waals surface area contributed by atoms with Gasteiger partial charge in [-0.15, -0.1) is 0 Å². The fourth-order valence-corrected chi connectivity index (χ4v) is 2.72. The summed E-state index contributed by atoms with van der Waals surface area (Å²) in [6, 6.07) is 17.6. The van der Waals surface area contributed by atoms with Crippen LogP contribution in [0.25, 0.3) is 0 Å². The van der Waals surface area contributed by atoms with Crippen molar-refractivity contribution in [1.29, 1.82) is 0 Å². The van der Waals surface area contributed by atoms with E-state index >= 15 is 0 Å². The van der Waals surface area contributed by atoms with E-state index in [0.29, 0.717) is 17.0 Å². The highest BCUT2D eigenvalue weighted by Crippen LogP contribution is 2.15. The first-order valence-electron chi connectivity index (χ1n) is 9.42. The van der Waals surface area contributed by atoms with Gasteiger partial charge in [-0.3, -0.25) is 14.4 Å². The first-order chi connectivity index (χ1) is 14.5. The molecule has 2 N–H and O–H groups in total. The second-order valence-electron chi connectivity index (χ2n) is 6.68. The van der Waals surface area contributed by atoms with Crippen molar-refractivity contribution in [3.8, 4) is 0 Å². The summed E-state index contributed by atoms with van der Waals surface area (Å²) in [4.78, 5) is 36.6. The van der Waals surface area contributed by atoms with Crippen LogP contribution >= 0.6 is 0 Å². The van der Waals surface area contributed by atoms with Gasteiger partial charge in [-0.05, 0) is 36.8 Å². The van der Waals surface area contributed by atoms with Crippen molar-refractivity contribution in [3.05, 3.63) is 89.4 Å². The Balaban J connectivity index is 1.51. The number of carbonyl (C=O) groups excluding carboxylic acids is 3. The third-order valence-electron chi connectivity index (χ3n) is 4.28. The van der Waals surface area contributed by atoms with Crippen LogP contribution in [0.4, 0.5) is 5.69 Å². The number of carbonyl (C=O) groups is 3. The van der Waals surface area contributed by atoms with Gasteiger partial charge >= 0.3 is 5.97 Å². The normalized spacial score (nSPS) is 10.3. The summed E-state index contributed by atoms with van der Waals surface area (Å²) < 4.78 is 10.2. The zero-order valence-electron chi connectivity index (χ0n) is 16.5. The number of rotatable bonds is 8. The van der Waals surface area contributed by atoms with E-state index < -0.39 is 18.5 Å². The maximum atomic E-state index is 12.4. The minimum absolute atomic E-state index is 0.0827. The first-order valence-corrected chi connectivity index (χ1v) is 9.42. The van der Waals surface area contributed by atoms with Gasteiger partial charge in [0.25, 0.3) is 11.8 Å². The molecule has 0 aliphatic heterocycles. The largest absolute Gasteiger partial charge is 0.467 e. The Bertz CT molecular complexity index is 1010. The predicted octanol–water partition coefficient (Wildman–Crippen LogP) is 3.24. The Labute approximate surface area is 174 Å². The molecular formula is C23H22N2O5. The second kappa shape index (κ2) is 10.1. The van der Waals surface area contributed by atoms with Crippen molar-refractivity contribution in [2.24, 2.45) is 0 Å². The second-order valence-corrected chi connectivity index (χ2v) is 6.68. The number of aryl methyl sites for hydroxylation is 1. The Morgan fingerprint density at radius 2 is 1.73 bits per heavy atom. The monoisotopic (exact) mass is 406 g/mol. The lowest BCUT2D eigenvalue weighted by Crippen LogP contribution is -2.26. The number of ether oxygens (including phenoxy) is 1. The van der Waals surface area contributed by atoms with Crippen molar-refractivity contribution < 1.29 is 23.5 Å². The van der Waals surface area contributed by atoms with Crippen LogP contribution in [0.15, 0.2) is 71.3 Å². The van der Waals surface area contributed by atoms with Crippen LogP contribution in [0.5, 0.6) is 0 Å². The Morgan fingerprint density at radius 3 is 2.47 bits per heavy atom. The van der Waals surface area contributed by atoms with Crippen molar-refractivity contribution in [2.75, 3.05) is 11.9 Å². The number of amides is 2. The average molecular weight is 406 g/mol. The minimum atomic E-state index is -0.529. The first kappa shape index (κ1) is 20.9. The van der Waals surface area contributed by atoms with Gasteiger partial charge in [-0.25, -0.2) is 0 Å². The molecule has 154 valence electrons. The predicted molar refractivity (Wildman–Crippen MR) is 111 cm³/mol. The van der Waals surface area contributed by atoms with Gasteiger partial charge in [0, 0.05) is 0 Å². The van der Waals surface area contributed by atoms with Gasteiger partial charge in [0.2, 0.25) is 0 Å². The van der Waals surface area contributed by atoms with Crippen LogP contribution in [0.1, 0.15) is 27.2 Å². The molecule has 0 bridgehead atoms. The summed E-state index contributed by atoms with van der Waals surface area (Å²) in [6.07, 6.45) is 1.61. The Kier molecular flexibility index (Phi) is 7.00. The zero-order chi connectivity index (χ0) is 21.3. The van der Waals surface area contributed by atoms with Crippen molar-refractivity contribution in [1.82, 2.24) is 5.32 Å². The molecule has 0 radical (unpaired) electrons. The van der Waals surface area contributed by atoms with E-state index in [4.69, 9.17) is 9.15 Å². The number of hydrogen-bond donors (Lipinski definition) is 2. The van der Waals surface area contributed by atoms with E-state index in [9.17, 15) is 14.4 Å². The summed E-state index contributed by atoms with van der Waals surface area (Å²) in [5.41, 5.74) is 2.53. The molecule has 0 atom stereocenters. The summed E-state index contributed by atoms with van der Waals surface area (Å²) in [5.74, 6) is -0.777. The highest BCUT2D eigenvalue weighted by Gasteiger charge is 2.14. The van der Waals surface area contributed by atoms with E-state index in [-0.39, 0.29) is 18.9 Å². The number of esters is 1. The lowest BCUT2D eigenvalue weighted by atomic mass is 10.1. The molecule has 3 aromatic rings. The van der Waals surface area contributed by atoms with Crippen LogP contribution in [-0.2, 0) is 27.3 Å². The highest BCUT2D eigenvalue weighted by molar-refractivity contribution is 6.04. The smallest absolute Gasteiger partial charge is 0.310 e. The van der Waals surface area contributed by atoms with Crippen LogP contribution in [0, 0.1) is 6.92 Å². The summed E-state index contributed by atoms with van der Waals surface area (Å²) in [7, 11) is 0. The number of nitrogens with one attached hydrogen (secondary N) is 2. The quantitative estimate of drug-likeness (QED) is 0.560. The van der Waals surface area contributed by atoms with Crippen molar-refractivity contribution in [3.63, 3.8) is 0 Å². The number of anilines is 1. The summed E-state index contributed by atoms with van der Waals surface area (Å²) in [5, 5.41) is 5.34. The molecule has 0 aliphatic rings. The minimum Gasteiger partial charge on any atom is -0.467 e. The number of hydrogen-bond acceptors (Lipinski definition) is 5. The summed E-state index contributed by atoms with van der Waals surface area (Å²) in [6.45, 7) is 1.75. The van der Waals surface area contributed by atoms with Gasteiger partial charge in [-0.1, -0.05) is 42.0 Å². The number of benzene rings is 2. The number of furan rings is 1. The molecule has 0 fully saturated rings. The third-order valence-corrected chi connectivity index (χ3v) is 4.28. The molecule has 0 unspecified atom stereocenters. The van der Waals surface area contributed by atoms with E-state index in [1.165, 1.54) is 6.26 Å². The standard InChI is InChI=1S/C23H22N2O5/c1-16-8-10-17(11-9-16)13-22(27)30-15-21(26)25-20-7-3-2-6-19(20)23(28)24-14-18-5-4-12-29-18/h2-12H,13-15H2,1H3,(H,24,28)(H,25,26). The lowest BCUT2D eigenvalue weighted by Gasteiger charge is -2.11.